The van der Waals surface area contributed by atoms with Gasteiger partial charge in [0.05, 0.1) is 17.3 Å². The van der Waals surface area contributed by atoms with Gasteiger partial charge in [-0.1, -0.05) is 0 Å². The van der Waals surface area contributed by atoms with E-state index in [0.717, 1.165) is 6.42 Å². The molecule has 0 amide bonds. The van der Waals surface area contributed by atoms with Crippen LogP contribution in [0.5, 0.6) is 0 Å². The smallest absolute Gasteiger partial charge is 0.0659 e. The molecule has 1 aliphatic rings. The fourth-order valence-electron chi connectivity index (χ4n) is 1.75. The summed E-state index contributed by atoms with van der Waals surface area (Å²) in [6.45, 7) is 0. The normalized spacial score (nSPS) is 15.5. The first-order valence-corrected chi connectivity index (χ1v) is 4.46. The van der Waals surface area contributed by atoms with E-state index in [4.69, 9.17) is 11.6 Å². The maximum Gasteiger partial charge on any atom is 0.0659 e. The van der Waals surface area contributed by atoms with Crippen LogP contribution in [0.25, 0.3) is 0 Å². The van der Waals surface area contributed by atoms with Gasteiger partial charge in [-0.3, -0.25) is 4.68 Å². The molecule has 0 saturated carbocycles. The second-order valence-electron chi connectivity index (χ2n) is 2.98. The molecule has 0 atom stereocenters. The monoisotopic (exact) mass is 170 g/mol. The number of halogens is 1. The minimum absolute atomic E-state index is 0.596. The highest BCUT2D eigenvalue weighted by Gasteiger charge is 2.19. The molecule has 11 heavy (non-hydrogen) atoms. The van der Waals surface area contributed by atoms with Crippen molar-refractivity contribution in [2.45, 2.75) is 25.1 Å². The first-order chi connectivity index (χ1) is 5.33. The van der Waals surface area contributed by atoms with Gasteiger partial charge in [-0.15, -0.1) is 11.6 Å². The number of aryl methyl sites for hydroxylation is 2. The molecule has 1 aliphatic carbocycles. The Kier molecular flexibility index (Phi) is 1.64. The van der Waals surface area contributed by atoms with Gasteiger partial charge in [-0.05, 0) is 24.8 Å². The molecule has 0 N–H and O–H groups in total. The average molecular weight is 171 g/mol. The van der Waals surface area contributed by atoms with Crippen molar-refractivity contribution >= 4 is 11.6 Å². The number of fused-ring (bicyclic) bond motifs is 1. The molecule has 1 heterocycles. The third-order valence-corrected chi connectivity index (χ3v) is 2.58. The summed E-state index contributed by atoms with van der Waals surface area (Å²) in [5.41, 5.74) is 3.88. The predicted molar refractivity (Wildman–Crippen MR) is 44.8 cm³/mol. The van der Waals surface area contributed by atoms with Crippen LogP contribution in [0.15, 0.2) is 0 Å². The van der Waals surface area contributed by atoms with Gasteiger partial charge in [0.1, 0.15) is 0 Å². The van der Waals surface area contributed by atoms with Gasteiger partial charge in [0, 0.05) is 7.05 Å². The van der Waals surface area contributed by atoms with E-state index in [1.807, 2.05) is 11.7 Å². The quantitative estimate of drug-likeness (QED) is 0.586. The lowest BCUT2D eigenvalue weighted by Crippen LogP contribution is -1.98. The van der Waals surface area contributed by atoms with Gasteiger partial charge in [0.15, 0.2) is 0 Å². The molecular formula is C8H11ClN2. The first-order valence-electron chi connectivity index (χ1n) is 3.92. The van der Waals surface area contributed by atoms with Gasteiger partial charge in [-0.2, -0.15) is 5.10 Å². The van der Waals surface area contributed by atoms with Crippen molar-refractivity contribution in [3.8, 4) is 0 Å². The maximum absolute atomic E-state index is 5.80. The zero-order chi connectivity index (χ0) is 7.84. The minimum Gasteiger partial charge on any atom is -0.271 e. The molecule has 0 aliphatic heterocycles. The Hall–Kier alpha value is -0.500. The van der Waals surface area contributed by atoms with Crippen molar-refractivity contribution in [3.63, 3.8) is 0 Å². The molecule has 2 nitrogen and oxygen atoms in total. The number of hydrogen-bond acceptors (Lipinski definition) is 1. The Balaban J connectivity index is 2.52. The molecule has 0 bridgehead atoms. The SMILES string of the molecule is Cn1nc2c(c1CCl)CCC2. The Labute approximate surface area is 71.2 Å². The van der Waals surface area contributed by atoms with Crippen LogP contribution in [0.1, 0.15) is 23.4 Å². The van der Waals surface area contributed by atoms with Crippen LogP contribution in [0.3, 0.4) is 0 Å². The van der Waals surface area contributed by atoms with E-state index in [1.54, 1.807) is 0 Å². The van der Waals surface area contributed by atoms with Crippen LogP contribution >= 0.6 is 11.6 Å². The fourth-order valence-corrected chi connectivity index (χ4v) is 2.09. The van der Waals surface area contributed by atoms with Gasteiger partial charge >= 0.3 is 0 Å². The molecular weight excluding hydrogens is 160 g/mol. The summed E-state index contributed by atoms with van der Waals surface area (Å²) in [7, 11) is 1.97. The second kappa shape index (κ2) is 2.52. The molecule has 3 heteroatoms. The number of aromatic nitrogens is 2. The van der Waals surface area contributed by atoms with Crippen LogP contribution < -0.4 is 0 Å². The van der Waals surface area contributed by atoms with E-state index >= 15 is 0 Å². The van der Waals surface area contributed by atoms with E-state index in [2.05, 4.69) is 5.10 Å². The van der Waals surface area contributed by atoms with E-state index in [-0.39, 0.29) is 0 Å². The van der Waals surface area contributed by atoms with Crippen molar-refractivity contribution < 1.29 is 0 Å². The molecule has 0 unspecified atom stereocenters. The van der Waals surface area contributed by atoms with Gasteiger partial charge in [0.25, 0.3) is 0 Å². The van der Waals surface area contributed by atoms with E-state index < -0.39 is 0 Å². The average Bonchev–Trinajstić information content (AvgIpc) is 2.46. The highest BCUT2D eigenvalue weighted by atomic mass is 35.5. The molecule has 0 saturated heterocycles. The summed E-state index contributed by atoms with van der Waals surface area (Å²) in [5.74, 6) is 0.596. The third-order valence-electron chi connectivity index (χ3n) is 2.32. The van der Waals surface area contributed by atoms with Crippen molar-refractivity contribution in [2.75, 3.05) is 0 Å². The molecule has 1 aromatic heterocycles. The van der Waals surface area contributed by atoms with Crippen LogP contribution in [0, 0.1) is 0 Å². The number of rotatable bonds is 1. The van der Waals surface area contributed by atoms with Crippen LogP contribution in [0.4, 0.5) is 0 Å². The third kappa shape index (κ3) is 0.968. The molecule has 0 aromatic carbocycles. The Bertz CT molecular complexity index is 278. The highest BCUT2D eigenvalue weighted by Crippen LogP contribution is 2.24. The predicted octanol–water partition coefficient (Wildman–Crippen LogP) is 1.65. The lowest BCUT2D eigenvalue weighted by atomic mass is 10.2. The molecule has 1 aromatic rings. The number of nitrogens with zero attached hydrogens (tertiary/aromatic N) is 2. The second-order valence-corrected chi connectivity index (χ2v) is 3.25. The zero-order valence-electron chi connectivity index (χ0n) is 6.60. The van der Waals surface area contributed by atoms with Crippen LogP contribution in [-0.2, 0) is 25.8 Å². The van der Waals surface area contributed by atoms with Gasteiger partial charge in [0.2, 0.25) is 0 Å². The minimum atomic E-state index is 0.596. The van der Waals surface area contributed by atoms with E-state index in [9.17, 15) is 0 Å². The molecule has 0 spiro atoms. The Morgan fingerprint density at radius 1 is 1.55 bits per heavy atom. The van der Waals surface area contributed by atoms with Gasteiger partial charge < -0.3 is 0 Å². The first kappa shape index (κ1) is 7.17. The lowest BCUT2D eigenvalue weighted by Gasteiger charge is -1.97. The van der Waals surface area contributed by atoms with E-state index in [1.165, 1.54) is 29.8 Å². The summed E-state index contributed by atoms with van der Waals surface area (Å²) in [5, 5.41) is 4.39. The van der Waals surface area contributed by atoms with Crippen molar-refractivity contribution in [1.29, 1.82) is 0 Å². The van der Waals surface area contributed by atoms with Gasteiger partial charge in [-0.25, -0.2) is 0 Å². The summed E-state index contributed by atoms with van der Waals surface area (Å²) in [6, 6.07) is 0. The molecule has 2 rings (SSSR count). The molecule has 60 valence electrons. The standard InChI is InChI=1S/C8H11ClN2/c1-11-8(5-9)6-3-2-4-7(6)10-11/h2-5H2,1H3. The van der Waals surface area contributed by atoms with E-state index in [0.29, 0.717) is 5.88 Å². The number of hydrogen-bond donors (Lipinski definition) is 0. The molecule has 0 radical (unpaired) electrons. The van der Waals surface area contributed by atoms with Crippen molar-refractivity contribution in [1.82, 2.24) is 9.78 Å². The molecule has 0 fully saturated rings. The fraction of sp³-hybridized carbons (Fsp3) is 0.625. The topological polar surface area (TPSA) is 17.8 Å². The Morgan fingerprint density at radius 3 is 3.09 bits per heavy atom. The summed E-state index contributed by atoms with van der Waals surface area (Å²) in [6.07, 6.45) is 3.56. The summed E-state index contributed by atoms with van der Waals surface area (Å²) in [4.78, 5) is 0. The van der Waals surface area contributed by atoms with Crippen molar-refractivity contribution in [3.05, 3.63) is 17.0 Å². The number of alkyl halides is 1. The van der Waals surface area contributed by atoms with Crippen LogP contribution in [-0.4, -0.2) is 9.78 Å². The summed E-state index contributed by atoms with van der Waals surface area (Å²) < 4.78 is 1.91. The maximum atomic E-state index is 5.80. The lowest BCUT2D eigenvalue weighted by molar-refractivity contribution is 0.700. The van der Waals surface area contributed by atoms with Crippen molar-refractivity contribution in [2.24, 2.45) is 7.05 Å². The summed E-state index contributed by atoms with van der Waals surface area (Å²) >= 11 is 5.80. The highest BCUT2D eigenvalue weighted by molar-refractivity contribution is 6.17. The van der Waals surface area contributed by atoms with Crippen LogP contribution in [0.2, 0.25) is 0 Å². The zero-order valence-corrected chi connectivity index (χ0v) is 7.36. The largest absolute Gasteiger partial charge is 0.271 e. The Morgan fingerprint density at radius 2 is 2.36 bits per heavy atom.